The molecule has 0 aromatic carbocycles. The van der Waals surface area contributed by atoms with Gasteiger partial charge in [-0.2, -0.15) is 0 Å². The van der Waals surface area contributed by atoms with E-state index >= 15 is 0 Å². The number of aromatic nitrogens is 3. The number of ketones is 2. The molecule has 184 valence electrons. The van der Waals surface area contributed by atoms with Gasteiger partial charge in [-0.25, -0.2) is 0 Å². The summed E-state index contributed by atoms with van der Waals surface area (Å²) < 4.78 is 1.85. The lowest BCUT2D eigenvalue weighted by molar-refractivity contribution is -0.122. The molecule has 1 heterocycles. The first kappa shape index (κ1) is 28.5. The fraction of sp³-hybridized carbons (Fsp3) is 0.846. The Bertz CT molecular complexity index is 644. The van der Waals surface area contributed by atoms with E-state index in [0.29, 0.717) is 6.54 Å². The van der Waals surface area contributed by atoms with Crippen LogP contribution in [0.1, 0.15) is 110 Å². The van der Waals surface area contributed by atoms with E-state index in [4.69, 9.17) is 0 Å². The molecule has 0 spiro atoms. The van der Waals surface area contributed by atoms with Gasteiger partial charge in [0.15, 0.2) is 0 Å². The molecule has 0 bridgehead atoms. The number of hydrogen-bond donors (Lipinski definition) is 1. The molecule has 0 aliphatic rings. The number of aryl methyl sites for hydroxylation is 2. The van der Waals surface area contributed by atoms with Gasteiger partial charge in [0.2, 0.25) is 0 Å². The van der Waals surface area contributed by atoms with Gasteiger partial charge in [0.1, 0.15) is 11.6 Å². The molecule has 0 saturated heterocycles. The van der Waals surface area contributed by atoms with Crippen LogP contribution in [0, 0.1) is 17.8 Å². The first-order valence-electron chi connectivity index (χ1n) is 12.9. The van der Waals surface area contributed by atoms with Gasteiger partial charge in [-0.05, 0) is 64.7 Å². The Kier molecular flexibility index (Phi) is 15.1. The van der Waals surface area contributed by atoms with Crippen molar-refractivity contribution in [3.8, 4) is 0 Å². The Morgan fingerprint density at radius 1 is 0.875 bits per heavy atom. The molecule has 0 aliphatic heterocycles. The molecule has 3 unspecified atom stereocenters. The molecule has 1 N–H and O–H groups in total. The highest BCUT2D eigenvalue weighted by atomic mass is 16.3. The Morgan fingerprint density at radius 2 is 1.47 bits per heavy atom. The topological polar surface area (TPSA) is 85.1 Å². The maximum Gasteiger partial charge on any atom is 0.132 e. The lowest BCUT2D eigenvalue weighted by Crippen LogP contribution is -2.16. The average molecular weight is 450 g/mol. The third-order valence-electron chi connectivity index (χ3n) is 6.75. The minimum Gasteiger partial charge on any atom is -0.396 e. The Hall–Kier alpha value is -1.56. The summed E-state index contributed by atoms with van der Waals surface area (Å²) in [6.45, 7) is 8.60. The molecule has 1 aromatic rings. The van der Waals surface area contributed by atoms with Crippen LogP contribution in [0.5, 0.6) is 0 Å². The van der Waals surface area contributed by atoms with E-state index in [9.17, 15) is 14.7 Å². The lowest BCUT2D eigenvalue weighted by Gasteiger charge is -2.18. The Labute approximate surface area is 195 Å². The summed E-state index contributed by atoms with van der Waals surface area (Å²) in [6, 6.07) is 0. The van der Waals surface area contributed by atoms with Crippen LogP contribution in [0.2, 0.25) is 0 Å². The number of aliphatic hydroxyl groups is 1. The molecule has 1 rings (SSSR count). The standard InChI is InChI=1S/C26H47N3O3/c1-5-7-9-11-24(21(3)31)14-13-23(20-30)17-18-29-19-26(27-28-29)16-15-25(22(4)32)12-10-8-6-2/h19,23-25,30H,5-18,20H2,1-4H3. The number of nitrogens with zero attached hydrogens (tertiary/aromatic N) is 3. The van der Waals surface area contributed by atoms with Crippen LogP contribution in [-0.4, -0.2) is 38.3 Å². The van der Waals surface area contributed by atoms with Crippen molar-refractivity contribution in [3.05, 3.63) is 11.9 Å². The Balaban J connectivity index is 2.44. The minimum atomic E-state index is 0.122. The fourth-order valence-electron chi connectivity index (χ4n) is 4.35. The van der Waals surface area contributed by atoms with Gasteiger partial charge in [0, 0.05) is 31.2 Å². The lowest BCUT2D eigenvalue weighted by atomic mass is 9.88. The second kappa shape index (κ2) is 17.0. The smallest absolute Gasteiger partial charge is 0.132 e. The largest absolute Gasteiger partial charge is 0.396 e. The summed E-state index contributed by atoms with van der Waals surface area (Å²) >= 11 is 0. The maximum atomic E-state index is 11.9. The second-order valence-corrected chi connectivity index (χ2v) is 9.53. The van der Waals surface area contributed by atoms with Gasteiger partial charge in [-0.3, -0.25) is 14.3 Å². The van der Waals surface area contributed by atoms with Gasteiger partial charge in [-0.1, -0.05) is 57.6 Å². The molecule has 0 fully saturated rings. The van der Waals surface area contributed by atoms with E-state index in [0.717, 1.165) is 69.9 Å². The van der Waals surface area contributed by atoms with Crippen LogP contribution in [0.3, 0.4) is 0 Å². The number of Topliss-reactive ketones (excluding diaryl/α,β-unsaturated/α-hetero) is 2. The monoisotopic (exact) mass is 449 g/mol. The van der Waals surface area contributed by atoms with E-state index in [1.807, 2.05) is 10.9 Å². The molecular formula is C26H47N3O3. The van der Waals surface area contributed by atoms with Crippen molar-refractivity contribution in [1.29, 1.82) is 0 Å². The number of carbonyl (C=O) groups is 2. The van der Waals surface area contributed by atoms with Crippen LogP contribution < -0.4 is 0 Å². The average Bonchev–Trinajstić information content (AvgIpc) is 3.22. The number of carbonyl (C=O) groups excluding carboxylic acids is 2. The molecule has 0 radical (unpaired) electrons. The molecule has 3 atom stereocenters. The second-order valence-electron chi connectivity index (χ2n) is 9.53. The van der Waals surface area contributed by atoms with Crippen molar-refractivity contribution >= 4 is 11.6 Å². The van der Waals surface area contributed by atoms with Crippen molar-refractivity contribution in [2.75, 3.05) is 6.61 Å². The van der Waals surface area contributed by atoms with Crippen molar-refractivity contribution in [2.45, 2.75) is 118 Å². The zero-order valence-corrected chi connectivity index (χ0v) is 21.0. The number of rotatable bonds is 20. The molecule has 1 aromatic heterocycles. The van der Waals surface area contributed by atoms with Crippen molar-refractivity contribution < 1.29 is 14.7 Å². The van der Waals surface area contributed by atoms with Crippen molar-refractivity contribution in [1.82, 2.24) is 15.0 Å². The van der Waals surface area contributed by atoms with Gasteiger partial charge >= 0.3 is 0 Å². The zero-order valence-electron chi connectivity index (χ0n) is 21.0. The highest BCUT2D eigenvalue weighted by Crippen LogP contribution is 2.22. The molecular weight excluding hydrogens is 402 g/mol. The number of hydrogen-bond acceptors (Lipinski definition) is 5. The maximum absolute atomic E-state index is 11.9. The summed E-state index contributed by atoms with van der Waals surface area (Å²) in [5.74, 6) is 0.976. The van der Waals surface area contributed by atoms with Crippen LogP contribution in [0.25, 0.3) is 0 Å². The predicted octanol–water partition coefficient (Wildman–Crippen LogP) is 5.56. The molecule has 0 aliphatic carbocycles. The SMILES string of the molecule is CCCCCC(CCc1cn(CCC(CO)CCC(CCCCC)C(C)=O)nn1)C(C)=O. The Morgan fingerprint density at radius 3 is 2.00 bits per heavy atom. The summed E-state index contributed by atoms with van der Waals surface area (Å²) in [7, 11) is 0. The van der Waals surface area contributed by atoms with Crippen LogP contribution >= 0.6 is 0 Å². The molecule has 0 saturated carbocycles. The first-order chi connectivity index (χ1) is 15.4. The van der Waals surface area contributed by atoms with E-state index in [2.05, 4.69) is 24.2 Å². The van der Waals surface area contributed by atoms with Crippen LogP contribution in [0.4, 0.5) is 0 Å². The molecule has 6 nitrogen and oxygen atoms in total. The fourth-order valence-corrected chi connectivity index (χ4v) is 4.35. The molecule has 32 heavy (non-hydrogen) atoms. The van der Waals surface area contributed by atoms with E-state index in [-0.39, 0.29) is 35.9 Å². The van der Waals surface area contributed by atoms with Crippen molar-refractivity contribution in [3.63, 3.8) is 0 Å². The van der Waals surface area contributed by atoms with Crippen LogP contribution in [-0.2, 0) is 22.6 Å². The van der Waals surface area contributed by atoms with Crippen molar-refractivity contribution in [2.24, 2.45) is 17.8 Å². The number of unbranched alkanes of at least 4 members (excludes halogenated alkanes) is 4. The van der Waals surface area contributed by atoms with Gasteiger partial charge < -0.3 is 5.11 Å². The minimum absolute atomic E-state index is 0.122. The molecule has 6 heteroatoms. The number of aliphatic hydroxyl groups excluding tert-OH is 1. The highest BCUT2D eigenvalue weighted by molar-refractivity contribution is 5.78. The summed E-state index contributed by atoms with van der Waals surface area (Å²) in [5, 5.41) is 18.3. The quantitative estimate of drug-likeness (QED) is 0.263. The zero-order chi connectivity index (χ0) is 23.8. The first-order valence-corrected chi connectivity index (χ1v) is 12.9. The normalized spacial score (nSPS) is 14.3. The van der Waals surface area contributed by atoms with E-state index in [1.54, 1.807) is 13.8 Å². The van der Waals surface area contributed by atoms with Gasteiger partial charge in [0.25, 0.3) is 0 Å². The van der Waals surface area contributed by atoms with E-state index in [1.165, 1.54) is 19.3 Å². The summed E-state index contributed by atoms with van der Waals surface area (Å²) in [4.78, 5) is 23.9. The summed E-state index contributed by atoms with van der Waals surface area (Å²) in [6.07, 6.45) is 15.0. The highest BCUT2D eigenvalue weighted by Gasteiger charge is 2.18. The van der Waals surface area contributed by atoms with Gasteiger partial charge in [-0.15, -0.1) is 5.10 Å². The third kappa shape index (κ3) is 11.9. The van der Waals surface area contributed by atoms with Crippen LogP contribution in [0.15, 0.2) is 6.20 Å². The predicted molar refractivity (Wildman–Crippen MR) is 129 cm³/mol. The third-order valence-corrected chi connectivity index (χ3v) is 6.75. The summed E-state index contributed by atoms with van der Waals surface area (Å²) in [5.41, 5.74) is 0.930. The van der Waals surface area contributed by atoms with Gasteiger partial charge in [0.05, 0.1) is 5.69 Å². The van der Waals surface area contributed by atoms with E-state index < -0.39 is 0 Å². The molecule has 0 amide bonds.